The van der Waals surface area contributed by atoms with Crippen LogP contribution < -0.4 is 0 Å². The van der Waals surface area contributed by atoms with Gasteiger partial charge in [0.1, 0.15) is 5.58 Å². The molecule has 1 aromatic carbocycles. The van der Waals surface area contributed by atoms with E-state index in [0.29, 0.717) is 11.0 Å². The molecule has 0 unspecified atom stereocenters. The van der Waals surface area contributed by atoms with Gasteiger partial charge in [-0.15, -0.1) is 0 Å². The van der Waals surface area contributed by atoms with Gasteiger partial charge in [-0.2, -0.15) is 0 Å². The van der Waals surface area contributed by atoms with Crippen LogP contribution in [0.1, 0.15) is 16.1 Å². The fourth-order valence-corrected chi connectivity index (χ4v) is 1.39. The van der Waals surface area contributed by atoms with E-state index in [1.54, 1.807) is 25.1 Å². The summed E-state index contributed by atoms with van der Waals surface area (Å²) in [5, 5.41) is 18.6. The molecule has 1 heterocycles. The molecule has 0 saturated heterocycles. The van der Waals surface area contributed by atoms with Gasteiger partial charge >= 0.3 is 5.97 Å². The van der Waals surface area contributed by atoms with E-state index in [1.807, 2.05) is 0 Å². The van der Waals surface area contributed by atoms with E-state index in [0.717, 1.165) is 5.56 Å². The average Bonchev–Trinajstić information content (AvgIpc) is 2.46. The smallest absolute Gasteiger partial charge is 0.375 e. The minimum absolute atomic E-state index is 0.309. The summed E-state index contributed by atoms with van der Waals surface area (Å²) < 4.78 is 5.04. The van der Waals surface area contributed by atoms with Crippen LogP contribution in [-0.2, 0) is 0 Å². The van der Waals surface area contributed by atoms with Gasteiger partial charge in [0, 0.05) is 0 Å². The van der Waals surface area contributed by atoms with Crippen LogP contribution in [0.15, 0.2) is 22.6 Å². The van der Waals surface area contributed by atoms with E-state index in [2.05, 4.69) is 0 Å². The van der Waals surface area contributed by atoms with Crippen LogP contribution in [0, 0.1) is 6.92 Å². The number of carbonyl (C=O) groups is 1. The largest absolute Gasteiger partial charge is 0.504 e. The lowest BCUT2D eigenvalue weighted by Crippen LogP contribution is -1.92. The zero-order valence-corrected chi connectivity index (χ0v) is 7.44. The molecule has 0 saturated carbocycles. The molecule has 0 amide bonds. The van der Waals surface area contributed by atoms with Crippen LogP contribution in [0.2, 0.25) is 0 Å². The molecule has 0 aliphatic heterocycles. The van der Waals surface area contributed by atoms with Crippen molar-refractivity contribution in [2.24, 2.45) is 0 Å². The molecule has 0 radical (unpaired) electrons. The minimum Gasteiger partial charge on any atom is -0.504 e. The highest BCUT2D eigenvalue weighted by Gasteiger charge is 2.19. The minimum atomic E-state index is -1.27. The summed E-state index contributed by atoms with van der Waals surface area (Å²) in [5.41, 5.74) is 1.22. The van der Waals surface area contributed by atoms with Gasteiger partial charge in [-0.3, -0.25) is 0 Å². The predicted octanol–water partition coefficient (Wildman–Crippen LogP) is 2.15. The van der Waals surface area contributed by atoms with Gasteiger partial charge in [0.2, 0.25) is 0 Å². The van der Waals surface area contributed by atoms with Gasteiger partial charge in [0.25, 0.3) is 5.76 Å². The van der Waals surface area contributed by atoms with Crippen molar-refractivity contribution in [2.45, 2.75) is 6.92 Å². The zero-order valence-electron chi connectivity index (χ0n) is 7.44. The SMILES string of the molecule is Cc1cccc2c(O)c(C(=O)O)oc12. The number of carboxylic acid groups (broad SMARTS) is 1. The second-order valence-corrected chi connectivity index (χ2v) is 3.04. The fraction of sp³-hybridized carbons (Fsp3) is 0.100. The molecule has 0 spiro atoms. The monoisotopic (exact) mass is 192 g/mol. The normalized spacial score (nSPS) is 10.6. The molecule has 2 N–H and O–H groups in total. The van der Waals surface area contributed by atoms with Crippen molar-refractivity contribution >= 4 is 16.9 Å². The maximum Gasteiger partial charge on any atom is 0.375 e. The Labute approximate surface area is 79.4 Å². The standard InChI is InChI=1S/C10H8O4/c1-5-3-2-4-6-7(11)9(10(12)13)14-8(5)6/h2-4,11H,1H3,(H,12,13). The zero-order chi connectivity index (χ0) is 10.3. The van der Waals surface area contributed by atoms with Crippen LogP contribution in [0.5, 0.6) is 5.75 Å². The first-order chi connectivity index (χ1) is 6.61. The van der Waals surface area contributed by atoms with E-state index in [4.69, 9.17) is 9.52 Å². The first-order valence-electron chi connectivity index (χ1n) is 4.05. The number of rotatable bonds is 1. The molecule has 0 aliphatic rings. The molecular weight excluding hydrogens is 184 g/mol. The number of aryl methyl sites for hydroxylation is 1. The molecule has 0 bridgehead atoms. The Bertz CT molecular complexity index is 510. The first-order valence-corrected chi connectivity index (χ1v) is 4.05. The fourth-order valence-electron chi connectivity index (χ4n) is 1.39. The molecule has 4 nitrogen and oxygen atoms in total. The molecule has 1 aromatic heterocycles. The molecule has 72 valence electrons. The second-order valence-electron chi connectivity index (χ2n) is 3.04. The number of benzene rings is 1. The van der Waals surface area contributed by atoms with Crippen LogP contribution in [0.25, 0.3) is 11.0 Å². The van der Waals surface area contributed by atoms with Crippen molar-refractivity contribution < 1.29 is 19.4 Å². The number of hydrogen-bond acceptors (Lipinski definition) is 3. The molecule has 2 aromatic rings. The van der Waals surface area contributed by atoms with Crippen molar-refractivity contribution in [2.75, 3.05) is 0 Å². The van der Waals surface area contributed by atoms with E-state index in [9.17, 15) is 9.90 Å². The molecular formula is C10H8O4. The molecule has 4 heteroatoms. The first kappa shape index (κ1) is 8.62. The van der Waals surface area contributed by atoms with Crippen LogP contribution >= 0.6 is 0 Å². The molecule has 0 aliphatic carbocycles. The Kier molecular flexibility index (Phi) is 1.70. The number of para-hydroxylation sites is 1. The number of aromatic hydroxyl groups is 1. The van der Waals surface area contributed by atoms with Gasteiger partial charge in [-0.1, -0.05) is 12.1 Å². The summed E-state index contributed by atoms with van der Waals surface area (Å²) >= 11 is 0. The van der Waals surface area contributed by atoms with Crippen molar-refractivity contribution in [1.82, 2.24) is 0 Å². The summed E-state index contributed by atoms with van der Waals surface area (Å²) in [6, 6.07) is 5.14. The third-order valence-corrected chi connectivity index (χ3v) is 2.08. The van der Waals surface area contributed by atoms with E-state index in [1.165, 1.54) is 0 Å². The molecule has 0 fully saturated rings. The van der Waals surface area contributed by atoms with Crippen LogP contribution in [-0.4, -0.2) is 16.2 Å². The number of carboxylic acids is 1. The van der Waals surface area contributed by atoms with Gasteiger partial charge in [0.15, 0.2) is 5.75 Å². The average molecular weight is 192 g/mol. The Morgan fingerprint density at radius 3 is 2.71 bits per heavy atom. The molecule has 14 heavy (non-hydrogen) atoms. The number of furan rings is 1. The van der Waals surface area contributed by atoms with Crippen molar-refractivity contribution in [1.29, 1.82) is 0 Å². The number of fused-ring (bicyclic) bond motifs is 1. The number of aromatic carboxylic acids is 1. The van der Waals surface area contributed by atoms with Gasteiger partial charge in [-0.25, -0.2) is 4.79 Å². The quantitative estimate of drug-likeness (QED) is 0.726. The van der Waals surface area contributed by atoms with Gasteiger partial charge in [0.05, 0.1) is 5.39 Å². The highest BCUT2D eigenvalue weighted by Crippen LogP contribution is 2.33. The molecule has 0 atom stereocenters. The lowest BCUT2D eigenvalue weighted by molar-refractivity contribution is 0.0660. The third kappa shape index (κ3) is 1.04. The maximum absolute atomic E-state index is 10.6. The summed E-state index contributed by atoms with van der Waals surface area (Å²) in [7, 11) is 0. The topological polar surface area (TPSA) is 70.7 Å². The van der Waals surface area contributed by atoms with Gasteiger partial charge < -0.3 is 14.6 Å². The van der Waals surface area contributed by atoms with Crippen molar-refractivity contribution in [3.63, 3.8) is 0 Å². The van der Waals surface area contributed by atoms with Crippen LogP contribution in [0.3, 0.4) is 0 Å². The summed E-state index contributed by atoms with van der Waals surface area (Å²) in [4.78, 5) is 10.6. The molecule has 2 rings (SSSR count). The second kappa shape index (κ2) is 2.77. The van der Waals surface area contributed by atoms with E-state index >= 15 is 0 Å². The highest BCUT2D eigenvalue weighted by atomic mass is 16.4. The summed E-state index contributed by atoms with van der Waals surface area (Å²) in [5.74, 6) is -1.98. The van der Waals surface area contributed by atoms with Gasteiger partial charge in [-0.05, 0) is 18.6 Å². The Hall–Kier alpha value is -1.97. The van der Waals surface area contributed by atoms with Crippen LogP contribution in [0.4, 0.5) is 0 Å². The van der Waals surface area contributed by atoms with E-state index < -0.39 is 11.7 Å². The van der Waals surface area contributed by atoms with Crippen molar-refractivity contribution in [3.8, 4) is 5.75 Å². The summed E-state index contributed by atoms with van der Waals surface area (Å²) in [6.07, 6.45) is 0. The highest BCUT2D eigenvalue weighted by molar-refractivity contribution is 5.98. The Morgan fingerprint density at radius 1 is 1.43 bits per heavy atom. The summed E-state index contributed by atoms with van der Waals surface area (Å²) in [6.45, 7) is 1.79. The third-order valence-electron chi connectivity index (χ3n) is 2.08. The lowest BCUT2D eigenvalue weighted by atomic mass is 10.1. The lowest BCUT2D eigenvalue weighted by Gasteiger charge is -1.91. The number of hydrogen-bond donors (Lipinski definition) is 2. The Morgan fingerprint density at radius 2 is 2.14 bits per heavy atom. The maximum atomic E-state index is 10.6. The Balaban J connectivity index is 2.86. The predicted molar refractivity (Wildman–Crippen MR) is 49.6 cm³/mol. The van der Waals surface area contributed by atoms with E-state index in [-0.39, 0.29) is 5.75 Å². The van der Waals surface area contributed by atoms with Crippen molar-refractivity contribution in [3.05, 3.63) is 29.5 Å².